The zero-order valence-corrected chi connectivity index (χ0v) is 23.8. The van der Waals surface area contributed by atoms with Gasteiger partial charge in [0.25, 0.3) is 11.8 Å². The van der Waals surface area contributed by atoms with Crippen LogP contribution >= 0.6 is 11.6 Å². The normalized spacial score (nSPS) is 16.6. The molecule has 0 bridgehead atoms. The zero-order chi connectivity index (χ0) is 28.6. The molecular weight excluding hydrogens is 558 g/mol. The number of anilines is 1. The lowest BCUT2D eigenvalue weighted by Crippen LogP contribution is -2.48. The molecule has 0 atom stereocenters. The molecule has 1 saturated heterocycles. The van der Waals surface area contributed by atoms with E-state index in [1.807, 2.05) is 18.2 Å². The van der Waals surface area contributed by atoms with Crippen LogP contribution < -0.4 is 4.90 Å². The summed E-state index contributed by atoms with van der Waals surface area (Å²) in [5.74, 6) is -0.637. The topological polar surface area (TPSA) is 78.0 Å². The van der Waals surface area contributed by atoms with Crippen LogP contribution in [-0.2, 0) is 22.9 Å². The average Bonchev–Trinajstić information content (AvgIpc) is 3.06. The number of benzene rings is 4. The number of halogens is 1. The fourth-order valence-electron chi connectivity index (χ4n) is 5.40. The molecule has 0 radical (unpaired) electrons. The first-order valence-electron chi connectivity index (χ1n) is 13.4. The van der Waals surface area contributed by atoms with Gasteiger partial charge < -0.3 is 9.80 Å². The van der Waals surface area contributed by atoms with Crippen molar-refractivity contribution in [2.75, 3.05) is 31.1 Å². The highest BCUT2D eigenvalue weighted by atomic mass is 35.5. The van der Waals surface area contributed by atoms with E-state index in [9.17, 15) is 18.0 Å². The minimum absolute atomic E-state index is 0.00556. The molecule has 208 valence electrons. The molecule has 9 heteroatoms. The van der Waals surface area contributed by atoms with Gasteiger partial charge in [-0.15, -0.1) is 0 Å². The Kier molecular flexibility index (Phi) is 7.38. The van der Waals surface area contributed by atoms with Gasteiger partial charge in [0, 0.05) is 43.3 Å². The van der Waals surface area contributed by atoms with Gasteiger partial charge >= 0.3 is 0 Å². The molecule has 0 spiro atoms. The third-order valence-corrected chi connectivity index (χ3v) is 9.71. The first kappa shape index (κ1) is 27.2. The molecule has 6 rings (SSSR count). The lowest BCUT2D eigenvalue weighted by atomic mass is 10.1. The number of rotatable bonds is 5. The second kappa shape index (κ2) is 11.1. The van der Waals surface area contributed by atoms with Crippen molar-refractivity contribution in [3.05, 3.63) is 124 Å². The van der Waals surface area contributed by atoms with Crippen molar-refractivity contribution < 1.29 is 18.0 Å². The summed E-state index contributed by atoms with van der Waals surface area (Å²) in [6.45, 7) is 3.51. The maximum Gasteiger partial charge on any atom is 0.259 e. The summed E-state index contributed by atoms with van der Waals surface area (Å²) in [6.07, 6.45) is 0. The highest BCUT2D eigenvalue weighted by Gasteiger charge is 2.36. The minimum atomic E-state index is -4.02. The van der Waals surface area contributed by atoms with Crippen LogP contribution in [-0.4, -0.2) is 56.2 Å². The maximum absolute atomic E-state index is 13.9. The Morgan fingerprint density at radius 1 is 0.732 bits per heavy atom. The molecule has 4 aromatic rings. The first-order chi connectivity index (χ1) is 19.8. The highest BCUT2D eigenvalue weighted by Crippen LogP contribution is 2.38. The standard InChI is InChI=1S/C32H28ClN3O4S/c33-26-13-10-24(11-14-26)22-36-28-20-25(12-15-30(28)41(39,40)29-9-5-4-8-27(29)32(36)38)31(37)35-18-16-34(17-19-35)21-23-6-2-1-3-7-23/h1-15,20H,16-19,21-22H2. The molecule has 0 saturated carbocycles. The van der Waals surface area contributed by atoms with Crippen LogP contribution in [0.5, 0.6) is 0 Å². The van der Waals surface area contributed by atoms with Crippen LogP contribution in [0.2, 0.25) is 5.02 Å². The lowest BCUT2D eigenvalue weighted by Gasteiger charge is -2.35. The summed E-state index contributed by atoms with van der Waals surface area (Å²) in [5, 5.41) is 0.556. The van der Waals surface area contributed by atoms with E-state index in [1.165, 1.54) is 28.7 Å². The van der Waals surface area contributed by atoms with Gasteiger partial charge in [0.2, 0.25) is 9.84 Å². The number of hydrogen-bond acceptors (Lipinski definition) is 5. The third kappa shape index (κ3) is 5.38. The molecule has 0 unspecified atom stereocenters. The van der Waals surface area contributed by atoms with Gasteiger partial charge in [-0.3, -0.25) is 14.5 Å². The quantitative estimate of drug-likeness (QED) is 0.318. The Hall–Kier alpha value is -3.98. The number of hydrogen-bond donors (Lipinski definition) is 0. The predicted octanol–water partition coefficient (Wildman–Crippen LogP) is 5.29. The average molecular weight is 586 g/mol. The Morgan fingerprint density at radius 3 is 2.12 bits per heavy atom. The highest BCUT2D eigenvalue weighted by molar-refractivity contribution is 7.91. The minimum Gasteiger partial charge on any atom is -0.336 e. The summed E-state index contributed by atoms with van der Waals surface area (Å²) in [5.41, 5.74) is 2.63. The number of carbonyl (C=O) groups excluding carboxylic acids is 2. The molecule has 1 fully saturated rings. The summed E-state index contributed by atoms with van der Waals surface area (Å²) >= 11 is 6.07. The van der Waals surface area contributed by atoms with Gasteiger partial charge in [0.05, 0.1) is 27.6 Å². The van der Waals surface area contributed by atoms with Gasteiger partial charge in [0.15, 0.2) is 0 Å². The monoisotopic (exact) mass is 585 g/mol. The van der Waals surface area contributed by atoms with Crippen LogP contribution in [0.25, 0.3) is 0 Å². The molecule has 7 nitrogen and oxygen atoms in total. The summed E-state index contributed by atoms with van der Waals surface area (Å²) < 4.78 is 27.6. The zero-order valence-electron chi connectivity index (χ0n) is 22.2. The van der Waals surface area contributed by atoms with E-state index in [4.69, 9.17) is 11.6 Å². The van der Waals surface area contributed by atoms with Crippen LogP contribution in [0.3, 0.4) is 0 Å². The first-order valence-corrected chi connectivity index (χ1v) is 15.3. The van der Waals surface area contributed by atoms with Gasteiger partial charge in [-0.05, 0) is 53.6 Å². The van der Waals surface area contributed by atoms with E-state index in [-0.39, 0.29) is 33.5 Å². The van der Waals surface area contributed by atoms with Crippen molar-refractivity contribution in [1.29, 1.82) is 0 Å². The summed E-state index contributed by atoms with van der Waals surface area (Å²) in [7, 11) is -4.02. The van der Waals surface area contributed by atoms with Gasteiger partial charge in [-0.1, -0.05) is 66.2 Å². The maximum atomic E-state index is 13.9. The molecule has 41 heavy (non-hydrogen) atoms. The van der Waals surface area contributed by atoms with Gasteiger partial charge in [-0.25, -0.2) is 8.42 Å². The second-order valence-electron chi connectivity index (χ2n) is 10.3. The molecule has 0 N–H and O–H groups in total. The number of carbonyl (C=O) groups is 2. The van der Waals surface area contributed by atoms with Crippen LogP contribution in [0.1, 0.15) is 31.8 Å². The Balaban J connectivity index is 1.32. The van der Waals surface area contributed by atoms with Crippen molar-refractivity contribution in [2.24, 2.45) is 0 Å². The fraction of sp³-hybridized carbons (Fsp3) is 0.188. The molecule has 2 aliphatic rings. The van der Waals surface area contributed by atoms with E-state index >= 15 is 0 Å². The second-order valence-corrected chi connectivity index (χ2v) is 12.6. The SMILES string of the molecule is O=C(c1ccc2c(c1)N(Cc1ccc(Cl)cc1)C(=O)c1ccccc1S2(=O)=O)N1CCN(Cc2ccccc2)CC1. The summed E-state index contributed by atoms with van der Waals surface area (Å²) in [4.78, 5) is 33.0. The van der Waals surface area contributed by atoms with Crippen LogP contribution in [0.15, 0.2) is 107 Å². The van der Waals surface area contributed by atoms with Crippen molar-refractivity contribution in [3.63, 3.8) is 0 Å². The van der Waals surface area contributed by atoms with Crippen LogP contribution in [0, 0.1) is 0 Å². The Labute approximate surface area is 244 Å². The van der Waals surface area contributed by atoms with Gasteiger partial charge in [-0.2, -0.15) is 0 Å². The molecule has 2 heterocycles. The number of sulfone groups is 1. The summed E-state index contributed by atoms with van der Waals surface area (Å²) in [6, 6.07) is 28.0. The molecular formula is C32H28ClN3O4S. The van der Waals surface area contributed by atoms with Crippen molar-refractivity contribution >= 4 is 38.9 Å². The molecule has 0 aliphatic carbocycles. The number of amides is 2. The van der Waals surface area contributed by atoms with Crippen molar-refractivity contribution in [1.82, 2.24) is 9.80 Å². The Bertz CT molecular complexity index is 1720. The number of nitrogens with zero attached hydrogens (tertiary/aromatic N) is 3. The van der Waals surface area contributed by atoms with Crippen molar-refractivity contribution in [2.45, 2.75) is 22.9 Å². The molecule has 0 aromatic heterocycles. The molecule has 4 aromatic carbocycles. The lowest BCUT2D eigenvalue weighted by molar-refractivity contribution is 0.0628. The van der Waals surface area contributed by atoms with Crippen LogP contribution in [0.4, 0.5) is 5.69 Å². The number of piperazine rings is 1. The smallest absolute Gasteiger partial charge is 0.259 e. The van der Waals surface area contributed by atoms with Gasteiger partial charge in [0.1, 0.15) is 0 Å². The predicted molar refractivity (Wildman–Crippen MR) is 158 cm³/mol. The Morgan fingerprint density at radius 2 is 1.39 bits per heavy atom. The largest absolute Gasteiger partial charge is 0.336 e. The van der Waals surface area contributed by atoms with Crippen molar-refractivity contribution in [3.8, 4) is 0 Å². The third-order valence-electron chi connectivity index (χ3n) is 7.60. The molecule has 2 aliphatic heterocycles. The van der Waals surface area contributed by atoms with E-state index in [0.717, 1.165) is 25.2 Å². The van der Waals surface area contributed by atoms with E-state index in [0.29, 0.717) is 23.7 Å². The van der Waals surface area contributed by atoms with E-state index in [2.05, 4.69) is 17.0 Å². The molecule has 2 amide bonds. The van der Waals surface area contributed by atoms with E-state index < -0.39 is 15.7 Å². The number of fused-ring (bicyclic) bond motifs is 2. The van der Waals surface area contributed by atoms with E-state index in [1.54, 1.807) is 53.4 Å². The fourth-order valence-corrected chi connectivity index (χ4v) is 7.16.